The van der Waals surface area contributed by atoms with Crippen LogP contribution in [0.15, 0.2) is 0 Å². The fraction of sp³-hybridized carbons (Fsp3) is 0.857. The second kappa shape index (κ2) is 3.69. The second-order valence-electron chi connectivity index (χ2n) is 2.53. The van der Waals surface area contributed by atoms with Gasteiger partial charge in [-0.2, -0.15) is 0 Å². The van der Waals surface area contributed by atoms with Crippen molar-refractivity contribution in [2.75, 3.05) is 20.3 Å². The van der Waals surface area contributed by atoms with Gasteiger partial charge in [0, 0.05) is 6.54 Å². The summed E-state index contributed by atoms with van der Waals surface area (Å²) in [5, 5.41) is 3.02. The van der Waals surface area contributed by atoms with Crippen LogP contribution in [0.5, 0.6) is 0 Å². The molecular formula is C7H13NO3. The van der Waals surface area contributed by atoms with Crippen molar-refractivity contribution < 1.29 is 14.3 Å². The highest BCUT2D eigenvalue weighted by atomic mass is 16.5. The molecule has 1 rings (SSSR count). The quantitative estimate of drug-likeness (QED) is 0.526. The summed E-state index contributed by atoms with van der Waals surface area (Å²) in [5.74, 6) is -0.253. The highest BCUT2D eigenvalue weighted by Crippen LogP contribution is 2.04. The minimum Gasteiger partial charge on any atom is -0.468 e. The van der Waals surface area contributed by atoms with Gasteiger partial charge in [0.2, 0.25) is 0 Å². The lowest BCUT2D eigenvalue weighted by Crippen LogP contribution is -2.52. The molecule has 1 aliphatic rings. The first-order chi connectivity index (χ1) is 5.25. The van der Waals surface area contributed by atoms with Gasteiger partial charge in [0.1, 0.15) is 6.04 Å². The highest BCUT2D eigenvalue weighted by Gasteiger charge is 2.28. The predicted octanol–water partition coefficient (Wildman–Crippen LogP) is -0.464. The van der Waals surface area contributed by atoms with Gasteiger partial charge in [-0.15, -0.1) is 0 Å². The molecule has 2 atom stereocenters. The van der Waals surface area contributed by atoms with Crippen molar-refractivity contribution in [1.82, 2.24) is 5.32 Å². The molecule has 0 aromatic rings. The molecule has 4 heteroatoms. The van der Waals surface area contributed by atoms with E-state index in [9.17, 15) is 4.79 Å². The van der Waals surface area contributed by atoms with E-state index >= 15 is 0 Å². The van der Waals surface area contributed by atoms with Crippen molar-refractivity contribution in [2.45, 2.75) is 19.1 Å². The van der Waals surface area contributed by atoms with Crippen LogP contribution < -0.4 is 5.32 Å². The summed E-state index contributed by atoms with van der Waals surface area (Å²) in [5.41, 5.74) is 0. The molecule has 0 aliphatic carbocycles. The molecule has 4 nitrogen and oxygen atoms in total. The van der Waals surface area contributed by atoms with E-state index in [1.807, 2.05) is 6.92 Å². The zero-order valence-electron chi connectivity index (χ0n) is 6.79. The maximum atomic E-state index is 11.0. The number of methoxy groups -OCH3 is 1. The summed E-state index contributed by atoms with van der Waals surface area (Å²) in [6, 6.07) is -0.297. The molecule has 0 spiro atoms. The van der Waals surface area contributed by atoms with E-state index < -0.39 is 0 Å². The number of carbonyl (C=O) groups excluding carboxylic acids is 1. The lowest BCUT2D eigenvalue weighted by atomic mass is 10.1. The van der Waals surface area contributed by atoms with Crippen molar-refractivity contribution in [1.29, 1.82) is 0 Å². The van der Waals surface area contributed by atoms with Crippen LogP contribution in [0.2, 0.25) is 0 Å². The molecule has 1 aliphatic heterocycles. The van der Waals surface area contributed by atoms with Gasteiger partial charge in [-0.25, -0.2) is 0 Å². The Kier molecular flexibility index (Phi) is 2.84. The van der Waals surface area contributed by atoms with E-state index in [0.29, 0.717) is 13.2 Å². The third-order valence-corrected chi connectivity index (χ3v) is 1.77. The SMILES string of the molecule is COC(=O)C1NCCOC1C. The predicted molar refractivity (Wildman–Crippen MR) is 39.2 cm³/mol. The summed E-state index contributed by atoms with van der Waals surface area (Å²) < 4.78 is 9.83. The van der Waals surface area contributed by atoms with Crippen molar-refractivity contribution in [2.24, 2.45) is 0 Å². The van der Waals surface area contributed by atoms with Gasteiger partial charge in [-0.05, 0) is 6.92 Å². The molecule has 2 unspecified atom stereocenters. The largest absolute Gasteiger partial charge is 0.468 e. The average molecular weight is 159 g/mol. The van der Waals surface area contributed by atoms with Gasteiger partial charge in [-0.3, -0.25) is 10.1 Å². The maximum absolute atomic E-state index is 11.0. The Morgan fingerprint density at radius 1 is 1.73 bits per heavy atom. The Morgan fingerprint density at radius 3 is 3.00 bits per heavy atom. The lowest BCUT2D eigenvalue weighted by molar-refractivity contribution is -0.149. The van der Waals surface area contributed by atoms with E-state index in [2.05, 4.69) is 10.1 Å². The first-order valence-corrected chi connectivity index (χ1v) is 3.68. The molecular weight excluding hydrogens is 146 g/mol. The van der Waals surface area contributed by atoms with E-state index in [-0.39, 0.29) is 18.1 Å². The topological polar surface area (TPSA) is 47.6 Å². The minimum absolute atomic E-state index is 0.0869. The van der Waals surface area contributed by atoms with Gasteiger partial charge >= 0.3 is 5.97 Å². The Balaban J connectivity index is 2.47. The Morgan fingerprint density at radius 2 is 2.45 bits per heavy atom. The molecule has 1 heterocycles. The van der Waals surface area contributed by atoms with Gasteiger partial charge in [0.15, 0.2) is 0 Å². The summed E-state index contributed by atoms with van der Waals surface area (Å²) in [6.07, 6.45) is -0.0869. The average Bonchev–Trinajstić information content (AvgIpc) is 2.04. The smallest absolute Gasteiger partial charge is 0.325 e. The van der Waals surface area contributed by atoms with E-state index in [1.165, 1.54) is 7.11 Å². The van der Waals surface area contributed by atoms with Crippen molar-refractivity contribution in [3.05, 3.63) is 0 Å². The van der Waals surface area contributed by atoms with E-state index in [4.69, 9.17) is 4.74 Å². The minimum atomic E-state index is -0.297. The summed E-state index contributed by atoms with van der Waals surface area (Å²) in [6.45, 7) is 3.23. The fourth-order valence-electron chi connectivity index (χ4n) is 1.12. The van der Waals surface area contributed by atoms with Gasteiger partial charge in [0.05, 0.1) is 19.8 Å². The molecule has 0 aromatic carbocycles. The normalized spacial score (nSPS) is 31.5. The number of ether oxygens (including phenoxy) is 2. The molecule has 1 N–H and O–H groups in total. The number of esters is 1. The molecule has 11 heavy (non-hydrogen) atoms. The van der Waals surface area contributed by atoms with Crippen molar-refractivity contribution in [3.63, 3.8) is 0 Å². The molecule has 0 radical (unpaired) electrons. The molecule has 0 amide bonds. The fourth-order valence-corrected chi connectivity index (χ4v) is 1.12. The Hall–Kier alpha value is -0.610. The molecule has 0 bridgehead atoms. The van der Waals surface area contributed by atoms with Crippen LogP contribution in [-0.2, 0) is 14.3 Å². The van der Waals surface area contributed by atoms with Crippen LogP contribution in [0.3, 0.4) is 0 Å². The third-order valence-electron chi connectivity index (χ3n) is 1.77. The van der Waals surface area contributed by atoms with Gasteiger partial charge in [0.25, 0.3) is 0 Å². The monoisotopic (exact) mass is 159 g/mol. The number of hydrogen-bond donors (Lipinski definition) is 1. The van der Waals surface area contributed by atoms with Gasteiger partial charge in [-0.1, -0.05) is 0 Å². The highest BCUT2D eigenvalue weighted by molar-refractivity contribution is 5.76. The van der Waals surface area contributed by atoms with Crippen LogP contribution in [0.25, 0.3) is 0 Å². The van der Waals surface area contributed by atoms with Crippen LogP contribution in [-0.4, -0.2) is 38.4 Å². The summed E-state index contributed by atoms with van der Waals surface area (Å²) >= 11 is 0. The van der Waals surface area contributed by atoms with Crippen LogP contribution in [0.4, 0.5) is 0 Å². The second-order valence-corrected chi connectivity index (χ2v) is 2.53. The lowest BCUT2D eigenvalue weighted by Gasteiger charge is -2.27. The van der Waals surface area contributed by atoms with Crippen LogP contribution >= 0.6 is 0 Å². The molecule has 0 saturated carbocycles. The number of nitrogens with one attached hydrogen (secondary N) is 1. The van der Waals surface area contributed by atoms with Gasteiger partial charge < -0.3 is 9.47 Å². The van der Waals surface area contributed by atoms with E-state index in [0.717, 1.165) is 0 Å². The molecule has 0 aromatic heterocycles. The van der Waals surface area contributed by atoms with Crippen LogP contribution in [0, 0.1) is 0 Å². The zero-order valence-corrected chi connectivity index (χ0v) is 6.79. The summed E-state index contributed by atoms with van der Waals surface area (Å²) in [4.78, 5) is 11.0. The number of hydrogen-bond acceptors (Lipinski definition) is 4. The Labute approximate surface area is 65.9 Å². The first-order valence-electron chi connectivity index (χ1n) is 3.68. The zero-order chi connectivity index (χ0) is 8.27. The molecule has 64 valence electrons. The number of morpholine rings is 1. The number of rotatable bonds is 1. The van der Waals surface area contributed by atoms with Crippen molar-refractivity contribution in [3.8, 4) is 0 Å². The number of carbonyl (C=O) groups is 1. The standard InChI is InChI=1S/C7H13NO3/c1-5-6(7(9)10-2)8-3-4-11-5/h5-6,8H,3-4H2,1-2H3. The molecule has 1 saturated heterocycles. The summed E-state index contributed by atoms with van der Waals surface area (Å²) in [7, 11) is 1.38. The van der Waals surface area contributed by atoms with E-state index in [1.54, 1.807) is 0 Å². The molecule has 1 fully saturated rings. The van der Waals surface area contributed by atoms with Crippen LogP contribution in [0.1, 0.15) is 6.92 Å². The van der Waals surface area contributed by atoms with Crippen molar-refractivity contribution >= 4 is 5.97 Å². The first kappa shape index (κ1) is 8.49. The third kappa shape index (κ3) is 1.91. The Bertz CT molecular complexity index is 149. The maximum Gasteiger partial charge on any atom is 0.325 e.